The summed E-state index contributed by atoms with van der Waals surface area (Å²) in [5, 5.41) is 2.75. The average molecular weight is 484 g/mol. The summed E-state index contributed by atoms with van der Waals surface area (Å²) in [6, 6.07) is 24.4. The van der Waals surface area contributed by atoms with Crippen LogP contribution in [0.5, 0.6) is 0 Å². The van der Waals surface area contributed by atoms with E-state index in [2.05, 4.69) is 34.5 Å². The molecule has 2 aromatic carbocycles. The molecule has 0 atom stereocenters. The van der Waals surface area contributed by atoms with Crippen molar-refractivity contribution in [3.05, 3.63) is 88.8 Å². The maximum absolute atomic E-state index is 13.2. The average Bonchev–Trinajstić information content (AvgIpc) is 3.31. The van der Waals surface area contributed by atoms with E-state index < -0.39 is 10.0 Å². The number of benzene rings is 2. The fourth-order valence-corrected chi connectivity index (χ4v) is 7.14. The lowest BCUT2D eigenvalue weighted by molar-refractivity contribution is -0.118. The molecule has 1 aliphatic rings. The number of rotatable bonds is 8. The van der Waals surface area contributed by atoms with Crippen molar-refractivity contribution in [2.75, 3.05) is 32.7 Å². The molecular formula is C25H29N3O3S2. The van der Waals surface area contributed by atoms with Gasteiger partial charge in [-0.05, 0) is 29.7 Å². The Morgan fingerprint density at radius 1 is 0.909 bits per heavy atom. The molecule has 4 rings (SSSR count). The van der Waals surface area contributed by atoms with E-state index in [1.807, 2.05) is 42.5 Å². The fraction of sp³-hybridized carbons (Fsp3) is 0.320. The number of carbonyl (C=O) groups is 1. The molecular weight excluding hydrogens is 454 g/mol. The minimum Gasteiger partial charge on any atom is -0.356 e. The van der Waals surface area contributed by atoms with Crippen LogP contribution in [0, 0.1) is 0 Å². The minimum absolute atomic E-state index is 0.0819. The van der Waals surface area contributed by atoms with E-state index in [9.17, 15) is 13.2 Å². The third-order valence-electron chi connectivity index (χ3n) is 5.85. The molecule has 6 nitrogen and oxygen atoms in total. The van der Waals surface area contributed by atoms with Gasteiger partial charge in [0.25, 0.3) is 10.0 Å². The van der Waals surface area contributed by atoms with E-state index in [4.69, 9.17) is 0 Å². The standard InChI is InChI=1S/C25H29N3O3S2/c1-20(29)26-15-14-23-12-13-24(32-23)33(30,31)28-18-16-27(17-19-28)25(21-8-4-2-5-9-21)22-10-6-3-7-11-22/h2-13,25H,14-19H2,1H3,(H,26,29). The molecule has 1 aromatic heterocycles. The number of piperazine rings is 1. The third kappa shape index (κ3) is 5.70. The molecule has 0 bridgehead atoms. The molecule has 1 aliphatic heterocycles. The number of thiophene rings is 1. The zero-order valence-electron chi connectivity index (χ0n) is 18.7. The number of carbonyl (C=O) groups excluding carboxylic acids is 1. The Bertz CT molecular complexity index is 1120. The van der Waals surface area contributed by atoms with Crippen LogP contribution in [0.15, 0.2) is 77.0 Å². The quantitative estimate of drug-likeness (QED) is 0.532. The Morgan fingerprint density at radius 3 is 2.03 bits per heavy atom. The Labute approximate surface area is 199 Å². The number of nitrogens with one attached hydrogen (secondary N) is 1. The minimum atomic E-state index is -3.52. The zero-order valence-corrected chi connectivity index (χ0v) is 20.3. The van der Waals surface area contributed by atoms with Crippen molar-refractivity contribution in [1.82, 2.24) is 14.5 Å². The van der Waals surface area contributed by atoms with Crippen LogP contribution >= 0.6 is 11.3 Å². The molecule has 33 heavy (non-hydrogen) atoms. The first-order chi connectivity index (χ1) is 15.9. The van der Waals surface area contributed by atoms with Crippen LogP contribution in [-0.2, 0) is 21.2 Å². The topological polar surface area (TPSA) is 69.7 Å². The Balaban J connectivity index is 1.45. The molecule has 0 aliphatic carbocycles. The lowest BCUT2D eigenvalue weighted by Crippen LogP contribution is -2.49. The van der Waals surface area contributed by atoms with Crippen molar-refractivity contribution < 1.29 is 13.2 Å². The van der Waals surface area contributed by atoms with Gasteiger partial charge in [-0.3, -0.25) is 9.69 Å². The molecule has 0 unspecified atom stereocenters. The summed E-state index contributed by atoms with van der Waals surface area (Å²) in [5.74, 6) is -0.0819. The molecule has 1 fully saturated rings. The van der Waals surface area contributed by atoms with E-state index in [0.29, 0.717) is 43.4 Å². The number of sulfonamides is 1. The van der Waals surface area contributed by atoms with Crippen molar-refractivity contribution in [3.63, 3.8) is 0 Å². The highest BCUT2D eigenvalue weighted by atomic mass is 32.2. The number of hydrogen-bond donors (Lipinski definition) is 1. The van der Waals surface area contributed by atoms with E-state index in [-0.39, 0.29) is 11.9 Å². The second-order valence-electron chi connectivity index (χ2n) is 8.12. The van der Waals surface area contributed by atoms with Gasteiger partial charge in [-0.1, -0.05) is 60.7 Å². The lowest BCUT2D eigenvalue weighted by Gasteiger charge is -2.39. The molecule has 1 saturated heterocycles. The van der Waals surface area contributed by atoms with Gasteiger partial charge in [-0.15, -0.1) is 11.3 Å². The SMILES string of the molecule is CC(=O)NCCc1ccc(S(=O)(=O)N2CCN(C(c3ccccc3)c3ccccc3)CC2)s1. The number of hydrogen-bond acceptors (Lipinski definition) is 5. The molecule has 3 aromatic rings. The summed E-state index contributed by atoms with van der Waals surface area (Å²) in [6.45, 7) is 4.22. The normalized spacial score (nSPS) is 15.6. The number of nitrogens with zero attached hydrogens (tertiary/aromatic N) is 2. The summed E-state index contributed by atoms with van der Waals surface area (Å²) >= 11 is 1.29. The van der Waals surface area contributed by atoms with Gasteiger partial charge < -0.3 is 5.32 Å². The van der Waals surface area contributed by atoms with Crippen LogP contribution in [0.1, 0.15) is 29.0 Å². The Kier molecular flexibility index (Phi) is 7.60. The molecule has 0 saturated carbocycles. The second kappa shape index (κ2) is 10.6. The first-order valence-corrected chi connectivity index (χ1v) is 13.4. The summed E-state index contributed by atoms with van der Waals surface area (Å²) in [4.78, 5) is 14.4. The third-order valence-corrected chi connectivity index (χ3v) is 9.36. The highest BCUT2D eigenvalue weighted by molar-refractivity contribution is 7.91. The highest BCUT2D eigenvalue weighted by Crippen LogP contribution is 2.31. The van der Waals surface area contributed by atoms with Crippen LogP contribution in [0.2, 0.25) is 0 Å². The van der Waals surface area contributed by atoms with Crippen LogP contribution in [-0.4, -0.2) is 56.3 Å². The van der Waals surface area contributed by atoms with Crippen LogP contribution in [0.3, 0.4) is 0 Å². The first-order valence-electron chi connectivity index (χ1n) is 11.1. The van der Waals surface area contributed by atoms with Gasteiger partial charge in [0.15, 0.2) is 0 Å². The van der Waals surface area contributed by atoms with Gasteiger partial charge in [-0.25, -0.2) is 8.42 Å². The predicted octanol–water partition coefficient (Wildman–Crippen LogP) is 3.52. The smallest absolute Gasteiger partial charge is 0.252 e. The van der Waals surface area contributed by atoms with E-state index in [1.54, 1.807) is 10.4 Å². The molecule has 1 amide bonds. The monoisotopic (exact) mass is 483 g/mol. The van der Waals surface area contributed by atoms with Crippen LogP contribution in [0.4, 0.5) is 0 Å². The van der Waals surface area contributed by atoms with Gasteiger partial charge in [0.05, 0.1) is 6.04 Å². The van der Waals surface area contributed by atoms with Crippen molar-refractivity contribution >= 4 is 27.3 Å². The molecule has 0 spiro atoms. The largest absolute Gasteiger partial charge is 0.356 e. The predicted molar refractivity (Wildman–Crippen MR) is 132 cm³/mol. The van der Waals surface area contributed by atoms with E-state index >= 15 is 0 Å². The van der Waals surface area contributed by atoms with Crippen molar-refractivity contribution in [3.8, 4) is 0 Å². The molecule has 8 heteroatoms. The Hall–Kier alpha value is -2.52. The fourth-order valence-electron chi connectivity index (χ4n) is 4.21. The van der Waals surface area contributed by atoms with Crippen molar-refractivity contribution in [2.24, 2.45) is 0 Å². The molecule has 0 radical (unpaired) electrons. The van der Waals surface area contributed by atoms with Gasteiger partial charge in [0.1, 0.15) is 4.21 Å². The summed E-state index contributed by atoms with van der Waals surface area (Å²) in [7, 11) is -3.52. The van der Waals surface area contributed by atoms with Crippen LogP contribution in [0.25, 0.3) is 0 Å². The maximum atomic E-state index is 13.2. The van der Waals surface area contributed by atoms with Gasteiger partial charge in [0, 0.05) is 44.5 Å². The number of amides is 1. The van der Waals surface area contributed by atoms with Crippen molar-refractivity contribution in [2.45, 2.75) is 23.6 Å². The zero-order chi connectivity index (χ0) is 23.3. The molecule has 1 N–H and O–H groups in total. The van der Waals surface area contributed by atoms with Gasteiger partial charge in [-0.2, -0.15) is 4.31 Å². The van der Waals surface area contributed by atoms with Gasteiger partial charge >= 0.3 is 0 Å². The Morgan fingerprint density at radius 2 is 1.48 bits per heavy atom. The first kappa shape index (κ1) is 23.6. The highest BCUT2D eigenvalue weighted by Gasteiger charge is 2.32. The van der Waals surface area contributed by atoms with Crippen LogP contribution < -0.4 is 5.32 Å². The summed E-state index contributed by atoms with van der Waals surface area (Å²) in [5.41, 5.74) is 2.42. The maximum Gasteiger partial charge on any atom is 0.252 e. The molecule has 174 valence electrons. The van der Waals surface area contributed by atoms with E-state index in [0.717, 1.165) is 4.88 Å². The van der Waals surface area contributed by atoms with Crippen molar-refractivity contribution in [1.29, 1.82) is 0 Å². The summed E-state index contributed by atoms with van der Waals surface area (Å²) in [6.07, 6.45) is 0.628. The van der Waals surface area contributed by atoms with E-state index in [1.165, 1.54) is 29.4 Å². The second-order valence-corrected chi connectivity index (χ2v) is 11.5. The van der Waals surface area contributed by atoms with Gasteiger partial charge in [0.2, 0.25) is 5.91 Å². The lowest BCUT2D eigenvalue weighted by atomic mass is 9.96. The molecule has 2 heterocycles. The summed E-state index contributed by atoms with van der Waals surface area (Å²) < 4.78 is 28.5.